The molecule has 0 aromatic rings. The van der Waals surface area contributed by atoms with Crippen molar-refractivity contribution in [3.05, 3.63) is 24.3 Å². The molecule has 7 atom stereocenters. The first-order valence-corrected chi connectivity index (χ1v) is 24.0. The molecule has 1 amide bonds. The van der Waals surface area contributed by atoms with Crippen molar-refractivity contribution in [1.82, 2.24) is 5.32 Å². The van der Waals surface area contributed by atoms with Crippen LogP contribution >= 0.6 is 0 Å². The molecular formula is C48H91NO8. The van der Waals surface area contributed by atoms with Gasteiger partial charge >= 0.3 is 0 Å². The van der Waals surface area contributed by atoms with E-state index in [1.165, 1.54) is 128 Å². The van der Waals surface area contributed by atoms with E-state index in [1.807, 2.05) is 0 Å². The summed E-state index contributed by atoms with van der Waals surface area (Å²) in [6.07, 6.45) is 38.9. The Hall–Kier alpha value is -1.33. The second-order valence-corrected chi connectivity index (χ2v) is 16.9. The fourth-order valence-electron chi connectivity index (χ4n) is 7.66. The summed E-state index contributed by atoms with van der Waals surface area (Å²) >= 11 is 0. The molecule has 0 saturated carbocycles. The fraction of sp³-hybridized carbons (Fsp3) is 0.896. The lowest BCUT2D eigenvalue weighted by Gasteiger charge is -2.40. The predicted molar refractivity (Wildman–Crippen MR) is 235 cm³/mol. The maximum absolute atomic E-state index is 13.0. The summed E-state index contributed by atoms with van der Waals surface area (Å²) in [5.41, 5.74) is 0. The number of carbonyl (C=O) groups excluding carboxylic acids is 1. The second-order valence-electron chi connectivity index (χ2n) is 16.9. The molecule has 7 unspecified atom stereocenters. The number of hydrogen-bond donors (Lipinski definition) is 6. The highest BCUT2D eigenvalue weighted by Gasteiger charge is 2.44. The van der Waals surface area contributed by atoms with Gasteiger partial charge in [0.25, 0.3) is 0 Å². The number of hydrogen-bond acceptors (Lipinski definition) is 8. The van der Waals surface area contributed by atoms with Crippen LogP contribution in [0.1, 0.15) is 219 Å². The summed E-state index contributed by atoms with van der Waals surface area (Å²) in [4.78, 5) is 13.0. The third-order valence-electron chi connectivity index (χ3n) is 11.6. The van der Waals surface area contributed by atoms with Gasteiger partial charge in [-0.3, -0.25) is 4.79 Å². The van der Waals surface area contributed by atoms with Gasteiger partial charge in [-0.25, -0.2) is 0 Å². The average Bonchev–Trinajstić information content (AvgIpc) is 3.21. The van der Waals surface area contributed by atoms with Gasteiger partial charge in [0.15, 0.2) is 6.29 Å². The van der Waals surface area contributed by atoms with Crippen LogP contribution in [0.25, 0.3) is 0 Å². The second kappa shape index (κ2) is 38.8. The molecule has 9 heteroatoms. The molecule has 0 aliphatic carbocycles. The summed E-state index contributed by atoms with van der Waals surface area (Å²) in [6, 6.07) is -0.724. The molecule has 6 N–H and O–H groups in total. The normalized spacial score (nSPS) is 21.1. The van der Waals surface area contributed by atoms with E-state index in [2.05, 4.69) is 43.5 Å². The van der Waals surface area contributed by atoms with Gasteiger partial charge in [0, 0.05) is 6.42 Å². The van der Waals surface area contributed by atoms with Gasteiger partial charge in [0.2, 0.25) is 5.91 Å². The Morgan fingerprint density at radius 1 is 0.596 bits per heavy atom. The van der Waals surface area contributed by atoms with Crippen molar-refractivity contribution < 1.29 is 39.8 Å². The van der Waals surface area contributed by atoms with Gasteiger partial charge in [0.05, 0.1) is 25.4 Å². The van der Waals surface area contributed by atoms with Gasteiger partial charge in [-0.2, -0.15) is 0 Å². The van der Waals surface area contributed by atoms with E-state index in [0.29, 0.717) is 12.8 Å². The van der Waals surface area contributed by atoms with Gasteiger partial charge in [-0.1, -0.05) is 192 Å². The van der Waals surface area contributed by atoms with Gasteiger partial charge < -0.3 is 40.3 Å². The van der Waals surface area contributed by atoms with Crippen LogP contribution in [0.5, 0.6) is 0 Å². The average molecular weight is 810 g/mol. The molecule has 9 nitrogen and oxygen atoms in total. The highest BCUT2D eigenvalue weighted by molar-refractivity contribution is 5.76. The number of aliphatic hydroxyl groups is 5. The maximum Gasteiger partial charge on any atom is 0.220 e. The smallest absolute Gasteiger partial charge is 0.220 e. The molecule has 0 aromatic carbocycles. The molecule has 336 valence electrons. The zero-order valence-electron chi connectivity index (χ0n) is 36.9. The van der Waals surface area contributed by atoms with Crippen LogP contribution in [-0.4, -0.2) is 87.5 Å². The quantitative estimate of drug-likeness (QED) is 0.0265. The van der Waals surface area contributed by atoms with Crippen molar-refractivity contribution in [2.75, 3.05) is 13.2 Å². The summed E-state index contributed by atoms with van der Waals surface area (Å²) < 4.78 is 11.3. The molecule has 1 aliphatic heterocycles. The van der Waals surface area contributed by atoms with Crippen LogP contribution in [0.15, 0.2) is 24.3 Å². The van der Waals surface area contributed by atoms with Crippen LogP contribution in [0.4, 0.5) is 0 Å². The lowest BCUT2D eigenvalue weighted by Crippen LogP contribution is -2.60. The van der Waals surface area contributed by atoms with Gasteiger partial charge in [0.1, 0.15) is 24.4 Å². The largest absolute Gasteiger partial charge is 0.394 e. The molecule has 0 radical (unpaired) electrons. The fourth-order valence-corrected chi connectivity index (χ4v) is 7.66. The first kappa shape index (κ1) is 53.7. The van der Waals surface area contributed by atoms with Crippen molar-refractivity contribution in [3.8, 4) is 0 Å². The van der Waals surface area contributed by atoms with Gasteiger partial charge in [-0.15, -0.1) is 0 Å². The number of amides is 1. The minimum Gasteiger partial charge on any atom is -0.394 e. The molecule has 1 rings (SSSR count). The monoisotopic (exact) mass is 810 g/mol. The van der Waals surface area contributed by atoms with E-state index in [1.54, 1.807) is 0 Å². The lowest BCUT2D eigenvalue weighted by molar-refractivity contribution is -0.302. The van der Waals surface area contributed by atoms with Gasteiger partial charge in [-0.05, 0) is 44.9 Å². The zero-order valence-corrected chi connectivity index (χ0v) is 36.9. The standard InChI is InChI=1S/C48H91NO8/c1-3-5-7-9-11-13-15-17-19-20-21-22-24-25-27-29-31-33-35-37-42(51)41(40-56-48-47(55)46(54)45(53)43(39-50)57-48)49-44(52)38-36-34-32-30-28-26-23-18-16-14-12-10-8-6-4-2/h12,14,18,23,41-43,45-48,50-51,53-55H,3-11,13,15-17,19-22,24-40H2,1-2H3,(H,49,52)/b14-12-,23-18-. The Kier molecular flexibility index (Phi) is 36.6. The molecule has 1 fully saturated rings. The van der Waals surface area contributed by atoms with Crippen molar-refractivity contribution in [1.29, 1.82) is 0 Å². The number of rotatable bonds is 40. The SMILES string of the molecule is CCCCC/C=C\C/C=C\CCCCCCCC(=O)NC(COC1OC(CO)C(O)C(O)C1O)C(O)CCCCCCCCCCCCCCCCCCCCC. The molecule has 0 aromatic heterocycles. The Morgan fingerprint density at radius 3 is 1.54 bits per heavy atom. The lowest BCUT2D eigenvalue weighted by atomic mass is 9.99. The molecule has 0 bridgehead atoms. The van der Waals surface area contributed by atoms with Crippen molar-refractivity contribution in [2.45, 2.75) is 262 Å². The number of unbranched alkanes of at least 4 members (excludes halogenated alkanes) is 26. The number of nitrogens with one attached hydrogen (secondary N) is 1. The van der Waals surface area contributed by atoms with E-state index in [-0.39, 0.29) is 12.5 Å². The van der Waals surface area contributed by atoms with Crippen LogP contribution in [0.3, 0.4) is 0 Å². The Morgan fingerprint density at radius 2 is 1.04 bits per heavy atom. The van der Waals surface area contributed by atoms with Crippen LogP contribution in [0, 0.1) is 0 Å². The molecule has 1 heterocycles. The Bertz CT molecular complexity index is 945. The molecule has 0 spiro atoms. The van der Waals surface area contributed by atoms with Crippen molar-refractivity contribution in [3.63, 3.8) is 0 Å². The third-order valence-corrected chi connectivity index (χ3v) is 11.6. The van der Waals surface area contributed by atoms with E-state index >= 15 is 0 Å². The summed E-state index contributed by atoms with van der Waals surface area (Å²) in [6.45, 7) is 3.81. The number of carbonyl (C=O) groups is 1. The van der Waals surface area contributed by atoms with Crippen molar-refractivity contribution in [2.24, 2.45) is 0 Å². The van der Waals surface area contributed by atoms with E-state index in [4.69, 9.17) is 9.47 Å². The summed E-state index contributed by atoms with van der Waals surface area (Å²) in [5.74, 6) is -0.157. The summed E-state index contributed by atoms with van der Waals surface area (Å²) in [7, 11) is 0. The zero-order chi connectivity index (χ0) is 41.6. The van der Waals surface area contributed by atoms with Crippen LogP contribution in [0.2, 0.25) is 0 Å². The molecule has 1 aliphatic rings. The van der Waals surface area contributed by atoms with Crippen LogP contribution in [-0.2, 0) is 14.3 Å². The molecule has 1 saturated heterocycles. The third kappa shape index (κ3) is 29.5. The minimum atomic E-state index is -1.55. The predicted octanol–water partition coefficient (Wildman–Crippen LogP) is 10.3. The Labute approximate surface area is 349 Å². The topological polar surface area (TPSA) is 149 Å². The maximum atomic E-state index is 13.0. The molecule has 57 heavy (non-hydrogen) atoms. The van der Waals surface area contributed by atoms with E-state index < -0.39 is 49.5 Å². The summed E-state index contributed by atoms with van der Waals surface area (Å²) in [5, 5.41) is 54.4. The first-order chi connectivity index (χ1) is 27.8. The van der Waals surface area contributed by atoms with Crippen LogP contribution < -0.4 is 5.32 Å². The van der Waals surface area contributed by atoms with E-state index in [9.17, 15) is 30.3 Å². The number of aliphatic hydroxyl groups excluding tert-OH is 5. The van der Waals surface area contributed by atoms with E-state index in [0.717, 1.165) is 64.2 Å². The van der Waals surface area contributed by atoms with Crippen molar-refractivity contribution >= 4 is 5.91 Å². The highest BCUT2D eigenvalue weighted by atomic mass is 16.7. The first-order valence-electron chi connectivity index (χ1n) is 24.0. The molecular weight excluding hydrogens is 719 g/mol. The Balaban J connectivity index is 2.31. The highest BCUT2D eigenvalue weighted by Crippen LogP contribution is 2.23. The minimum absolute atomic E-state index is 0.142. The number of allylic oxidation sites excluding steroid dienone is 4. The number of ether oxygens (including phenoxy) is 2.